The first-order valence-corrected chi connectivity index (χ1v) is 4.11. The second kappa shape index (κ2) is 4.07. The highest BCUT2D eigenvalue weighted by Crippen LogP contribution is 2.21. The zero-order chi connectivity index (χ0) is 8.97. The maximum absolute atomic E-state index is 9.72. The van der Waals surface area contributed by atoms with Crippen LogP contribution in [0.2, 0.25) is 0 Å². The van der Waals surface area contributed by atoms with Gasteiger partial charge in [0.25, 0.3) is 0 Å². The standard InChI is InChI=1S/C11H14O/c1-3-9(2)11(12)10-7-5-4-6-8-10/h3-9,11-12H,1H2,2H3/t9-,11+/m0/s1. The van der Waals surface area contributed by atoms with E-state index in [1.807, 2.05) is 37.3 Å². The molecule has 0 aliphatic carbocycles. The van der Waals surface area contributed by atoms with E-state index < -0.39 is 6.10 Å². The largest absolute Gasteiger partial charge is 0.388 e. The van der Waals surface area contributed by atoms with Crippen LogP contribution in [0, 0.1) is 5.92 Å². The van der Waals surface area contributed by atoms with Gasteiger partial charge in [0, 0.05) is 5.92 Å². The average molecular weight is 162 g/mol. The first kappa shape index (κ1) is 9.01. The van der Waals surface area contributed by atoms with Crippen molar-refractivity contribution in [2.45, 2.75) is 13.0 Å². The summed E-state index contributed by atoms with van der Waals surface area (Å²) in [5, 5.41) is 9.72. The molecule has 0 amide bonds. The van der Waals surface area contributed by atoms with Crippen LogP contribution < -0.4 is 0 Å². The Kier molecular flexibility index (Phi) is 3.06. The molecule has 1 N–H and O–H groups in total. The van der Waals surface area contributed by atoms with Crippen molar-refractivity contribution in [2.24, 2.45) is 5.92 Å². The van der Waals surface area contributed by atoms with E-state index in [4.69, 9.17) is 0 Å². The molecule has 0 heterocycles. The molecule has 0 saturated carbocycles. The molecule has 1 aromatic carbocycles. The molecular formula is C11H14O. The third-order valence-corrected chi connectivity index (χ3v) is 2.01. The Morgan fingerprint density at radius 1 is 1.33 bits per heavy atom. The first-order valence-electron chi connectivity index (χ1n) is 4.11. The first-order chi connectivity index (χ1) is 5.75. The van der Waals surface area contributed by atoms with Gasteiger partial charge in [0.2, 0.25) is 0 Å². The lowest BCUT2D eigenvalue weighted by molar-refractivity contribution is 0.140. The molecular weight excluding hydrogens is 148 g/mol. The van der Waals surface area contributed by atoms with Crippen molar-refractivity contribution < 1.29 is 5.11 Å². The van der Waals surface area contributed by atoms with Crippen molar-refractivity contribution in [1.82, 2.24) is 0 Å². The predicted molar refractivity (Wildman–Crippen MR) is 50.8 cm³/mol. The Morgan fingerprint density at radius 2 is 1.92 bits per heavy atom. The Hall–Kier alpha value is -1.08. The number of aliphatic hydroxyl groups excluding tert-OH is 1. The van der Waals surface area contributed by atoms with Gasteiger partial charge in [0.1, 0.15) is 0 Å². The van der Waals surface area contributed by atoms with Gasteiger partial charge in [-0.25, -0.2) is 0 Å². The van der Waals surface area contributed by atoms with Crippen LogP contribution in [-0.2, 0) is 0 Å². The van der Waals surface area contributed by atoms with Crippen LogP contribution in [0.1, 0.15) is 18.6 Å². The number of rotatable bonds is 3. The van der Waals surface area contributed by atoms with Crippen molar-refractivity contribution in [3.8, 4) is 0 Å². The molecule has 0 unspecified atom stereocenters. The molecule has 0 spiro atoms. The highest BCUT2D eigenvalue weighted by molar-refractivity contribution is 5.18. The normalized spacial score (nSPS) is 15.2. The lowest BCUT2D eigenvalue weighted by Gasteiger charge is -2.14. The van der Waals surface area contributed by atoms with E-state index in [9.17, 15) is 5.11 Å². The van der Waals surface area contributed by atoms with Crippen LogP contribution in [0.5, 0.6) is 0 Å². The lowest BCUT2D eigenvalue weighted by atomic mass is 9.98. The number of hydrogen-bond acceptors (Lipinski definition) is 1. The minimum Gasteiger partial charge on any atom is -0.388 e. The molecule has 12 heavy (non-hydrogen) atoms. The van der Waals surface area contributed by atoms with E-state index in [1.54, 1.807) is 6.08 Å². The molecule has 1 aromatic rings. The number of hydrogen-bond donors (Lipinski definition) is 1. The fourth-order valence-corrected chi connectivity index (χ4v) is 1.08. The van der Waals surface area contributed by atoms with Crippen molar-refractivity contribution >= 4 is 0 Å². The van der Waals surface area contributed by atoms with Crippen LogP contribution in [0.4, 0.5) is 0 Å². The molecule has 1 rings (SSSR count). The van der Waals surface area contributed by atoms with E-state index in [2.05, 4.69) is 6.58 Å². The minimum absolute atomic E-state index is 0.104. The zero-order valence-corrected chi connectivity index (χ0v) is 7.27. The van der Waals surface area contributed by atoms with Crippen molar-refractivity contribution in [3.63, 3.8) is 0 Å². The maximum Gasteiger partial charge on any atom is 0.0849 e. The molecule has 1 nitrogen and oxygen atoms in total. The molecule has 0 aromatic heterocycles. The Balaban J connectivity index is 2.78. The van der Waals surface area contributed by atoms with Gasteiger partial charge in [-0.3, -0.25) is 0 Å². The molecule has 0 radical (unpaired) electrons. The maximum atomic E-state index is 9.72. The highest BCUT2D eigenvalue weighted by atomic mass is 16.3. The Morgan fingerprint density at radius 3 is 2.42 bits per heavy atom. The minimum atomic E-state index is -0.427. The van der Waals surface area contributed by atoms with E-state index in [0.717, 1.165) is 5.56 Å². The van der Waals surface area contributed by atoms with Gasteiger partial charge in [0.15, 0.2) is 0 Å². The van der Waals surface area contributed by atoms with E-state index in [-0.39, 0.29) is 5.92 Å². The quantitative estimate of drug-likeness (QED) is 0.677. The molecule has 0 aliphatic heterocycles. The van der Waals surface area contributed by atoms with E-state index >= 15 is 0 Å². The van der Waals surface area contributed by atoms with E-state index in [0.29, 0.717) is 0 Å². The second-order valence-corrected chi connectivity index (χ2v) is 2.95. The Labute approximate surface area is 73.4 Å². The van der Waals surface area contributed by atoms with Gasteiger partial charge < -0.3 is 5.11 Å². The molecule has 0 fully saturated rings. The van der Waals surface area contributed by atoms with Crippen molar-refractivity contribution in [1.29, 1.82) is 0 Å². The third kappa shape index (κ3) is 1.95. The summed E-state index contributed by atoms with van der Waals surface area (Å²) in [5.74, 6) is 0.104. The fourth-order valence-electron chi connectivity index (χ4n) is 1.08. The van der Waals surface area contributed by atoms with Gasteiger partial charge in [-0.1, -0.05) is 43.3 Å². The van der Waals surface area contributed by atoms with Crippen LogP contribution in [-0.4, -0.2) is 5.11 Å². The molecule has 2 atom stereocenters. The van der Waals surface area contributed by atoms with Crippen LogP contribution >= 0.6 is 0 Å². The van der Waals surface area contributed by atoms with E-state index in [1.165, 1.54) is 0 Å². The summed E-state index contributed by atoms with van der Waals surface area (Å²) in [4.78, 5) is 0. The van der Waals surface area contributed by atoms with Gasteiger partial charge in [0.05, 0.1) is 6.10 Å². The Bertz CT molecular complexity index is 240. The summed E-state index contributed by atoms with van der Waals surface area (Å²) in [6.07, 6.45) is 1.33. The summed E-state index contributed by atoms with van der Waals surface area (Å²) in [6, 6.07) is 9.63. The van der Waals surface area contributed by atoms with Gasteiger partial charge in [-0.15, -0.1) is 6.58 Å². The molecule has 0 bridgehead atoms. The van der Waals surface area contributed by atoms with Crippen LogP contribution in [0.25, 0.3) is 0 Å². The zero-order valence-electron chi connectivity index (χ0n) is 7.27. The molecule has 0 saturated heterocycles. The van der Waals surface area contributed by atoms with Crippen molar-refractivity contribution in [3.05, 3.63) is 48.6 Å². The summed E-state index contributed by atoms with van der Waals surface area (Å²) in [7, 11) is 0. The third-order valence-electron chi connectivity index (χ3n) is 2.01. The van der Waals surface area contributed by atoms with Crippen LogP contribution in [0.3, 0.4) is 0 Å². The van der Waals surface area contributed by atoms with Crippen LogP contribution in [0.15, 0.2) is 43.0 Å². The van der Waals surface area contributed by atoms with Gasteiger partial charge in [-0.05, 0) is 5.56 Å². The monoisotopic (exact) mass is 162 g/mol. The van der Waals surface area contributed by atoms with Gasteiger partial charge >= 0.3 is 0 Å². The number of aliphatic hydroxyl groups is 1. The average Bonchev–Trinajstić information content (AvgIpc) is 2.17. The highest BCUT2D eigenvalue weighted by Gasteiger charge is 2.11. The summed E-state index contributed by atoms with van der Waals surface area (Å²) in [6.45, 7) is 5.60. The summed E-state index contributed by atoms with van der Waals surface area (Å²) in [5.41, 5.74) is 0.949. The smallest absolute Gasteiger partial charge is 0.0849 e. The number of benzene rings is 1. The summed E-state index contributed by atoms with van der Waals surface area (Å²) < 4.78 is 0. The molecule has 64 valence electrons. The second-order valence-electron chi connectivity index (χ2n) is 2.95. The fraction of sp³-hybridized carbons (Fsp3) is 0.273. The molecule has 1 heteroatoms. The topological polar surface area (TPSA) is 20.2 Å². The SMILES string of the molecule is C=C[C@H](C)[C@@H](O)c1ccccc1. The van der Waals surface area contributed by atoms with Crippen molar-refractivity contribution in [2.75, 3.05) is 0 Å². The van der Waals surface area contributed by atoms with Gasteiger partial charge in [-0.2, -0.15) is 0 Å². The molecule has 0 aliphatic rings. The lowest BCUT2D eigenvalue weighted by Crippen LogP contribution is -2.05. The summed E-state index contributed by atoms with van der Waals surface area (Å²) >= 11 is 0. The predicted octanol–water partition coefficient (Wildman–Crippen LogP) is 2.54.